The Morgan fingerprint density at radius 2 is 2.13 bits per heavy atom. The van der Waals surface area contributed by atoms with Crippen LogP contribution in [-0.2, 0) is 0 Å². The smallest absolute Gasteiger partial charge is 0.0629 e. The molecule has 1 aromatic rings. The lowest BCUT2D eigenvalue weighted by Gasteiger charge is -2.01. The molecule has 0 aromatic carbocycles. The van der Waals surface area contributed by atoms with Crippen LogP contribution in [0.25, 0.3) is 6.08 Å². The van der Waals surface area contributed by atoms with Gasteiger partial charge in [-0.2, -0.15) is 0 Å². The number of hydrogen-bond donors (Lipinski definition) is 0. The fraction of sp³-hybridized carbons (Fsp3) is 0.500. The summed E-state index contributed by atoms with van der Waals surface area (Å²) < 4.78 is 0. The Kier molecular flexibility index (Phi) is 5.76. The molecule has 82 valence electrons. The van der Waals surface area contributed by atoms with Crippen LogP contribution in [0.1, 0.15) is 51.6 Å². The standard InChI is InChI=1S/C14H21N/c1-3-4-5-6-9-13(2)12-14-10-7-8-11-15-14/h7-8,10-12H,3-6,9H2,1-2H3/b13-12-. The zero-order valence-electron chi connectivity index (χ0n) is 9.87. The molecule has 1 rings (SSSR count). The Hall–Kier alpha value is -1.11. The van der Waals surface area contributed by atoms with E-state index in [9.17, 15) is 0 Å². The van der Waals surface area contributed by atoms with E-state index >= 15 is 0 Å². The summed E-state index contributed by atoms with van der Waals surface area (Å²) in [6.07, 6.45) is 10.6. The Morgan fingerprint density at radius 1 is 1.27 bits per heavy atom. The number of allylic oxidation sites excluding steroid dienone is 1. The van der Waals surface area contributed by atoms with Crippen LogP contribution in [0.15, 0.2) is 30.0 Å². The van der Waals surface area contributed by atoms with Crippen LogP contribution in [0.5, 0.6) is 0 Å². The van der Waals surface area contributed by atoms with Gasteiger partial charge in [-0.1, -0.05) is 37.8 Å². The summed E-state index contributed by atoms with van der Waals surface area (Å²) in [5.41, 5.74) is 2.51. The molecule has 0 spiro atoms. The maximum Gasteiger partial charge on any atom is 0.0629 e. The predicted octanol–water partition coefficient (Wildman–Crippen LogP) is 4.46. The third kappa shape index (κ3) is 5.36. The molecule has 0 saturated carbocycles. The van der Waals surface area contributed by atoms with Crippen LogP contribution < -0.4 is 0 Å². The quantitative estimate of drug-likeness (QED) is 0.622. The minimum Gasteiger partial charge on any atom is -0.257 e. The molecule has 15 heavy (non-hydrogen) atoms. The molecular formula is C14H21N. The van der Waals surface area contributed by atoms with E-state index in [1.165, 1.54) is 37.7 Å². The summed E-state index contributed by atoms with van der Waals surface area (Å²) in [6, 6.07) is 6.03. The Labute approximate surface area is 93.2 Å². The van der Waals surface area contributed by atoms with Crippen molar-refractivity contribution in [3.63, 3.8) is 0 Å². The number of aromatic nitrogens is 1. The maximum atomic E-state index is 4.29. The zero-order valence-corrected chi connectivity index (χ0v) is 9.87. The van der Waals surface area contributed by atoms with Crippen molar-refractivity contribution in [3.05, 3.63) is 35.7 Å². The molecule has 0 bridgehead atoms. The van der Waals surface area contributed by atoms with Crippen LogP contribution in [0.3, 0.4) is 0 Å². The number of hydrogen-bond acceptors (Lipinski definition) is 1. The fourth-order valence-electron chi connectivity index (χ4n) is 1.62. The van der Waals surface area contributed by atoms with E-state index in [0.29, 0.717) is 0 Å². The summed E-state index contributed by atoms with van der Waals surface area (Å²) in [7, 11) is 0. The summed E-state index contributed by atoms with van der Waals surface area (Å²) in [5.74, 6) is 0. The van der Waals surface area contributed by atoms with Gasteiger partial charge < -0.3 is 0 Å². The lowest BCUT2D eigenvalue weighted by Crippen LogP contribution is -1.82. The molecule has 0 saturated heterocycles. The Morgan fingerprint density at radius 3 is 2.80 bits per heavy atom. The number of rotatable bonds is 6. The number of unbranched alkanes of at least 4 members (excludes halogenated alkanes) is 3. The topological polar surface area (TPSA) is 12.9 Å². The number of nitrogens with zero attached hydrogens (tertiary/aromatic N) is 1. The van der Waals surface area contributed by atoms with E-state index in [4.69, 9.17) is 0 Å². The molecule has 0 aliphatic carbocycles. The van der Waals surface area contributed by atoms with Crippen molar-refractivity contribution >= 4 is 6.08 Å². The van der Waals surface area contributed by atoms with E-state index in [2.05, 4.69) is 31.0 Å². The molecule has 0 unspecified atom stereocenters. The highest BCUT2D eigenvalue weighted by atomic mass is 14.6. The lowest BCUT2D eigenvalue weighted by atomic mass is 10.1. The maximum absolute atomic E-state index is 4.29. The second-order valence-electron chi connectivity index (χ2n) is 4.06. The van der Waals surface area contributed by atoms with Crippen molar-refractivity contribution in [1.82, 2.24) is 4.98 Å². The normalized spacial score (nSPS) is 11.7. The van der Waals surface area contributed by atoms with Gasteiger partial charge in [0.15, 0.2) is 0 Å². The highest BCUT2D eigenvalue weighted by Gasteiger charge is 1.93. The average molecular weight is 203 g/mol. The molecule has 0 amide bonds. The second-order valence-corrected chi connectivity index (χ2v) is 4.06. The fourth-order valence-corrected chi connectivity index (χ4v) is 1.62. The van der Waals surface area contributed by atoms with Crippen molar-refractivity contribution in [3.8, 4) is 0 Å². The third-order valence-electron chi connectivity index (χ3n) is 2.51. The minimum atomic E-state index is 1.07. The van der Waals surface area contributed by atoms with Crippen LogP contribution in [0.2, 0.25) is 0 Å². The van der Waals surface area contributed by atoms with Gasteiger partial charge in [0.25, 0.3) is 0 Å². The van der Waals surface area contributed by atoms with Gasteiger partial charge >= 0.3 is 0 Å². The molecule has 0 aliphatic rings. The molecular weight excluding hydrogens is 182 g/mol. The van der Waals surface area contributed by atoms with Gasteiger partial charge in [0.2, 0.25) is 0 Å². The van der Waals surface area contributed by atoms with Crippen molar-refractivity contribution < 1.29 is 0 Å². The van der Waals surface area contributed by atoms with Crippen molar-refractivity contribution in [2.45, 2.75) is 46.0 Å². The first-order valence-electron chi connectivity index (χ1n) is 5.91. The molecule has 1 nitrogen and oxygen atoms in total. The highest BCUT2D eigenvalue weighted by Crippen LogP contribution is 2.12. The molecule has 1 heterocycles. The van der Waals surface area contributed by atoms with Crippen molar-refractivity contribution in [2.75, 3.05) is 0 Å². The van der Waals surface area contributed by atoms with Gasteiger partial charge in [-0.25, -0.2) is 0 Å². The van der Waals surface area contributed by atoms with Gasteiger partial charge in [0.1, 0.15) is 0 Å². The molecule has 1 heteroatoms. The monoisotopic (exact) mass is 203 g/mol. The van der Waals surface area contributed by atoms with E-state index in [1.807, 2.05) is 18.3 Å². The molecule has 0 atom stereocenters. The molecule has 1 aromatic heterocycles. The van der Waals surface area contributed by atoms with Gasteiger partial charge in [0, 0.05) is 6.20 Å². The van der Waals surface area contributed by atoms with Crippen molar-refractivity contribution in [2.24, 2.45) is 0 Å². The molecule has 0 aliphatic heterocycles. The second kappa shape index (κ2) is 7.22. The summed E-state index contributed by atoms with van der Waals surface area (Å²) in [6.45, 7) is 4.44. The summed E-state index contributed by atoms with van der Waals surface area (Å²) >= 11 is 0. The summed E-state index contributed by atoms with van der Waals surface area (Å²) in [5, 5.41) is 0. The third-order valence-corrected chi connectivity index (χ3v) is 2.51. The van der Waals surface area contributed by atoms with Crippen LogP contribution in [-0.4, -0.2) is 4.98 Å². The minimum absolute atomic E-state index is 1.07. The molecule has 0 N–H and O–H groups in total. The van der Waals surface area contributed by atoms with E-state index < -0.39 is 0 Å². The first-order chi connectivity index (χ1) is 7.33. The summed E-state index contributed by atoms with van der Waals surface area (Å²) in [4.78, 5) is 4.29. The number of pyridine rings is 1. The van der Waals surface area contributed by atoms with Gasteiger partial charge in [-0.3, -0.25) is 4.98 Å². The van der Waals surface area contributed by atoms with Crippen LogP contribution in [0.4, 0.5) is 0 Å². The van der Waals surface area contributed by atoms with Gasteiger partial charge in [-0.15, -0.1) is 0 Å². The Balaban J connectivity index is 2.33. The van der Waals surface area contributed by atoms with Gasteiger partial charge in [-0.05, 0) is 38.0 Å². The predicted molar refractivity (Wildman–Crippen MR) is 66.6 cm³/mol. The van der Waals surface area contributed by atoms with E-state index in [-0.39, 0.29) is 0 Å². The van der Waals surface area contributed by atoms with Crippen LogP contribution >= 0.6 is 0 Å². The molecule has 0 radical (unpaired) electrons. The van der Waals surface area contributed by atoms with E-state index in [0.717, 1.165) is 5.69 Å². The average Bonchev–Trinajstić information content (AvgIpc) is 2.26. The largest absolute Gasteiger partial charge is 0.257 e. The van der Waals surface area contributed by atoms with Crippen molar-refractivity contribution in [1.29, 1.82) is 0 Å². The highest BCUT2D eigenvalue weighted by molar-refractivity contribution is 5.47. The molecule has 0 fully saturated rings. The van der Waals surface area contributed by atoms with Crippen LogP contribution in [0, 0.1) is 0 Å². The zero-order chi connectivity index (χ0) is 10.9. The van der Waals surface area contributed by atoms with Gasteiger partial charge in [0.05, 0.1) is 5.69 Å². The SMILES string of the molecule is CCCCCC/C(C)=C\c1ccccn1. The first-order valence-corrected chi connectivity index (χ1v) is 5.91. The Bertz CT molecular complexity index is 287. The first kappa shape index (κ1) is 12.0. The lowest BCUT2D eigenvalue weighted by molar-refractivity contribution is 0.665. The van der Waals surface area contributed by atoms with E-state index in [1.54, 1.807) is 0 Å².